The van der Waals surface area contributed by atoms with E-state index in [9.17, 15) is 9.59 Å². The predicted octanol–water partition coefficient (Wildman–Crippen LogP) is 3.99. The first kappa shape index (κ1) is 18.4. The van der Waals surface area contributed by atoms with Crippen molar-refractivity contribution in [2.45, 2.75) is 26.3 Å². The van der Waals surface area contributed by atoms with Crippen LogP contribution >= 0.6 is 0 Å². The Morgan fingerprint density at radius 1 is 1.11 bits per heavy atom. The number of carbonyl (C=O) groups excluding carboxylic acids is 1. The Morgan fingerprint density at radius 3 is 2.68 bits per heavy atom. The van der Waals surface area contributed by atoms with Gasteiger partial charge in [-0.05, 0) is 56.0 Å². The first-order chi connectivity index (χ1) is 13.6. The third-order valence-electron chi connectivity index (χ3n) is 5.34. The number of nitrogens with zero attached hydrogens (tertiary/aromatic N) is 1. The molecular formula is C23H24N2O3. The number of aryl methyl sites for hydroxylation is 1. The minimum atomic E-state index is -0.178. The Kier molecular flexibility index (Phi) is 5.26. The Morgan fingerprint density at radius 2 is 1.89 bits per heavy atom. The molecule has 4 rings (SSSR count). The van der Waals surface area contributed by atoms with Crippen LogP contribution in [-0.2, 0) is 11.3 Å². The molecule has 28 heavy (non-hydrogen) atoms. The lowest BCUT2D eigenvalue weighted by molar-refractivity contribution is 0.0610. The maximum absolute atomic E-state index is 13.0. The van der Waals surface area contributed by atoms with E-state index in [1.54, 1.807) is 10.6 Å². The van der Waals surface area contributed by atoms with E-state index in [2.05, 4.69) is 5.32 Å². The SMILES string of the molecule is Cc1cccc(C(=O)Nc2cccc3c(=O)n(CC4CCOCC4)ccc23)c1. The summed E-state index contributed by atoms with van der Waals surface area (Å²) in [4.78, 5) is 25.6. The van der Waals surface area contributed by atoms with Crippen molar-refractivity contribution in [3.8, 4) is 0 Å². The molecule has 1 fully saturated rings. The fourth-order valence-electron chi connectivity index (χ4n) is 3.76. The van der Waals surface area contributed by atoms with E-state index in [0.29, 0.717) is 29.1 Å². The zero-order chi connectivity index (χ0) is 19.5. The number of benzene rings is 2. The maximum Gasteiger partial charge on any atom is 0.258 e. The summed E-state index contributed by atoms with van der Waals surface area (Å²) >= 11 is 0. The van der Waals surface area contributed by atoms with Gasteiger partial charge >= 0.3 is 0 Å². The summed E-state index contributed by atoms with van der Waals surface area (Å²) in [5.74, 6) is 0.288. The molecule has 2 aromatic carbocycles. The first-order valence-corrected chi connectivity index (χ1v) is 9.70. The van der Waals surface area contributed by atoms with E-state index in [0.717, 1.165) is 37.0 Å². The molecule has 3 aromatic rings. The van der Waals surface area contributed by atoms with Crippen LogP contribution in [0.2, 0.25) is 0 Å². The summed E-state index contributed by atoms with van der Waals surface area (Å²) in [6.45, 7) is 4.19. The lowest BCUT2D eigenvalue weighted by atomic mass is 10.00. The van der Waals surface area contributed by atoms with Crippen LogP contribution in [0, 0.1) is 12.8 Å². The van der Waals surface area contributed by atoms with Gasteiger partial charge in [-0.3, -0.25) is 9.59 Å². The van der Waals surface area contributed by atoms with Gasteiger partial charge < -0.3 is 14.6 Å². The number of hydrogen-bond acceptors (Lipinski definition) is 3. The highest BCUT2D eigenvalue weighted by molar-refractivity contribution is 6.09. The number of rotatable bonds is 4. The number of hydrogen-bond donors (Lipinski definition) is 1. The van der Waals surface area contributed by atoms with Crippen LogP contribution in [0.4, 0.5) is 5.69 Å². The molecule has 0 saturated carbocycles. The second kappa shape index (κ2) is 7.98. The topological polar surface area (TPSA) is 60.3 Å². The highest BCUT2D eigenvalue weighted by atomic mass is 16.5. The van der Waals surface area contributed by atoms with Crippen molar-refractivity contribution in [2.75, 3.05) is 18.5 Å². The molecule has 1 aliphatic heterocycles. The first-order valence-electron chi connectivity index (χ1n) is 9.70. The maximum atomic E-state index is 13.0. The van der Waals surface area contributed by atoms with Crippen molar-refractivity contribution in [1.29, 1.82) is 0 Å². The molecule has 1 amide bonds. The molecule has 0 spiro atoms. The largest absolute Gasteiger partial charge is 0.381 e. The van der Waals surface area contributed by atoms with Gasteiger partial charge in [0.25, 0.3) is 11.5 Å². The Hall–Kier alpha value is -2.92. The Labute approximate surface area is 163 Å². The number of aromatic nitrogens is 1. The summed E-state index contributed by atoms with van der Waals surface area (Å²) in [6.07, 6.45) is 3.80. The van der Waals surface area contributed by atoms with Crippen molar-refractivity contribution < 1.29 is 9.53 Å². The second-order valence-electron chi connectivity index (χ2n) is 7.42. The molecule has 0 radical (unpaired) electrons. The van der Waals surface area contributed by atoms with Gasteiger partial charge in [-0.1, -0.05) is 23.8 Å². The average molecular weight is 376 g/mol. The Balaban J connectivity index is 1.62. The Bertz CT molecular complexity index is 1060. The van der Waals surface area contributed by atoms with Crippen LogP contribution in [0.3, 0.4) is 0 Å². The van der Waals surface area contributed by atoms with Crippen molar-refractivity contribution >= 4 is 22.4 Å². The van der Waals surface area contributed by atoms with Gasteiger partial charge in [0.05, 0.1) is 0 Å². The minimum Gasteiger partial charge on any atom is -0.381 e. The van der Waals surface area contributed by atoms with Crippen LogP contribution < -0.4 is 10.9 Å². The summed E-state index contributed by atoms with van der Waals surface area (Å²) in [7, 11) is 0. The van der Waals surface area contributed by atoms with E-state index in [1.165, 1.54) is 0 Å². The monoisotopic (exact) mass is 376 g/mol. The van der Waals surface area contributed by atoms with E-state index in [4.69, 9.17) is 4.74 Å². The number of ether oxygens (including phenoxy) is 1. The quantitative estimate of drug-likeness (QED) is 0.749. The number of carbonyl (C=O) groups is 1. The van der Waals surface area contributed by atoms with Gasteiger partial charge in [0, 0.05) is 48.0 Å². The standard InChI is InChI=1S/C23H24N2O3/c1-16-4-2-5-18(14-16)22(26)24-21-7-3-6-20-19(21)8-11-25(23(20)27)15-17-9-12-28-13-10-17/h2-8,11,14,17H,9-10,12-13,15H2,1H3,(H,24,26). The number of nitrogens with one attached hydrogen (secondary N) is 1. The average Bonchev–Trinajstić information content (AvgIpc) is 2.71. The third kappa shape index (κ3) is 3.85. The zero-order valence-corrected chi connectivity index (χ0v) is 16.0. The molecular weight excluding hydrogens is 352 g/mol. The molecule has 0 unspecified atom stereocenters. The lowest BCUT2D eigenvalue weighted by Crippen LogP contribution is -2.27. The van der Waals surface area contributed by atoms with Crippen LogP contribution in [-0.4, -0.2) is 23.7 Å². The van der Waals surface area contributed by atoms with Crippen LogP contribution in [0.15, 0.2) is 59.5 Å². The smallest absolute Gasteiger partial charge is 0.258 e. The number of amides is 1. The number of pyridine rings is 1. The van der Waals surface area contributed by atoms with Gasteiger partial charge in [-0.2, -0.15) is 0 Å². The number of fused-ring (bicyclic) bond motifs is 1. The van der Waals surface area contributed by atoms with Gasteiger partial charge in [-0.25, -0.2) is 0 Å². The molecule has 5 nitrogen and oxygen atoms in total. The summed E-state index contributed by atoms with van der Waals surface area (Å²) in [5, 5.41) is 4.34. The summed E-state index contributed by atoms with van der Waals surface area (Å²) in [5.41, 5.74) is 2.27. The van der Waals surface area contributed by atoms with Crippen LogP contribution in [0.1, 0.15) is 28.8 Å². The molecule has 5 heteroatoms. The van der Waals surface area contributed by atoms with Crippen molar-refractivity contribution in [3.63, 3.8) is 0 Å². The molecule has 0 bridgehead atoms. The summed E-state index contributed by atoms with van der Waals surface area (Å²) < 4.78 is 7.19. The van der Waals surface area contributed by atoms with Crippen molar-refractivity contribution in [3.05, 3.63) is 76.2 Å². The van der Waals surface area contributed by atoms with E-state index < -0.39 is 0 Å². The van der Waals surface area contributed by atoms with E-state index in [-0.39, 0.29) is 11.5 Å². The highest BCUT2D eigenvalue weighted by Crippen LogP contribution is 2.23. The van der Waals surface area contributed by atoms with Gasteiger partial charge in [0.15, 0.2) is 0 Å². The van der Waals surface area contributed by atoms with Gasteiger partial charge in [0.1, 0.15) is 0 Å². The van der Waals surface area contributed by atoms with Gasteiger partial charge in [-0.15, -0.1) is 0 Å². The summed E-state index contributed by atoms with van der Waals surface area (Å²) in [6, 6.07) is 14.8. The molecule has 1 saturated heterocycles. The van der Waals surface area contributed by atoms with E-state index >= 15 is 0 Å². The second-order valence-corrected chi connectivity index (χ2v) is 7.42. The lowest BCUT2D eigenvalue weighted by Gasteiger charge is -2.23. The van der Waals surface area contributed by atoms with E-state index in [1.807, 2.05) is 55.6 Å². The molecule has 0 atom stereocenters. The highest BCUT2D eigenvalue weighted by Gasteiger charge is 2.16. The fourth-order valence-corrected chi connectivity index (χ4v) is 3.76. The van der Waals surface area contributed by atoms with Crippen LogP contribution in [0.5, 0.6) is 0 Å². The predicted molar refractivity (Wildman–Crippen MR) is 111 cm³/mol. The zero-order valence-electron chi connectivity index (χ0n) is 16.0. The molecule has 1 N–H and O–H groups in total. The molecule has 2 heterocycles. The van der Waals surface area contributed by atoms with Crippen molar-refractivity contribution in [1.82, 2.24) is 4.57 Å². The number of anilines is 1. The van der Waals surface area contributed by atoms with Gasteiger partial charge in [0.2, 0.25) is 0 Å². The van der Waals surface area contributed by atoms with Crippen LogP contribution in [0.25, 0.3) is 10.8 Å². The third-order valence-corrected chi connectivity index (χ3v) is 5.34. The molecule has 1 aromatic heterocycles. The molecule has 144 valence electrons. The minimum absolute atomic E-state index is 0.0179. The molecule has 1 aliphatic rings. The van der Waals surface area contributed by atoms with Crippen molar-refractivity contribution in [2.24, 2.45) is 5.92 Å². The molecule has 0 aliphatic carbocycles. The fraction of sp³-hybridized carbons (Fsp3) is 0.304. The normalized spacial score (nSPS) is 14.9.